The second-order valence-corrected chi connectivity index (χ2v) is 6.22. The molecule has 1 aromatic carbocycles. The number of aliphatic hydroxyl groups is 1. The number of hydrogen-bond acceptors (Lipinski definition) is 2. The van der Waals surface area contributed by atoms with Crippen molar-refractivity contribution in [2.75, 3.05) is 11.4 Å². The molecule has 0 spiro atoms. The maximum absolute atomic E-state index is 9.29. The molecule has 1 aromatic rings. The molecule has 0 bridgehead atoms. The Kier molecular flexibility index (Phi) is 3.79. The highest BCUT2D eigenvalue weighted by Gasteiger charge is 2.33. The molecule has 1 heterocycles. The number of aryl methyl sites for hydroxylation is 1. The van der Waals surface area contributed by atoms with Gasteiger partial charge in [-0.25, -0.2) is 0 Å². The van der Waals surface area contributed by atoms with Crippen LogP contribution in [0.4, 0.5) is 5.69 Å². The summed E-state index contributed by atoms with van der Waals surface area (Å²) < 4.78 is 0. The lowest BCUT2D eigenvalue weighted by atomic mass is 9.95. The Morgan fingerprint density at radius 1 is 1.16 bits per heavy atom. The summed E-state index contributed by atoms with van der Waals surface area (Å²) in [6.07, 6.45) is 8.41. The van der Waals surface area contributed by atoms with Gasteiger partial charge >= 0.3 is 0 Å². The van der Waals surface area contributed by atoms with Gasteiger partial charge in [0.1, 0.15) is 0 Å². The fraction of sp³-hybridized carbons (Fsp3) is 0.647. The highest BCUT2D eigenvalue weighted by Crippen LogP contribution is 2.38. The molecule has 1 unspecified atom stereocenters. The van der Waals surface area contributed by atoms with Gasteiger partial charge in [-0.05, 0) is 61.8 Å². The smallest absolute Gasteiger partial charge is 0.0684 e. The Bertz CT molecular complexity index is 437. The van der Waals surface area contributed by atoms with Crippen molar-refractivity contribution < 1.29 is 5.11 Å². The molecule has 0 aromatic heterocycles. The van der Waals surface area contributed by atoms with Crippen LogP contribution < -0.4 is 4.90 Å². The lowest BCUT2D eigenvalue weighted by Gasteiger charge is -2.31. The van der Waals surface area contributed by atoms with Crippen molar-refractivity contribution in [3.8, 4) is 0 Å². The third-order valence-electron chi connectivity index (χ3n) is 5.07. The number of anilines is 1. The minimum Gasteiger partial charge on any atom is -0.392 e. The Morgan fingerprint density at radius 3 is 2.63 bits per heavy atom. The predicted octanol–water partition coefficient (Wildman–Crippen LogP) is 3.65. The van der Waals surface area contributed by atoms with E-state index in [-0.39, 0.29) is 6.61 Å². The van der Waals surface area contributed by atoms with E-state index in [0.717, 1.165) is 17.5 Å². The van der Waals surface area contributed by atoms with E-state index in [9.17, 15) is 5.11 Å². The minimum absolute atomic E-state index is 0.151. The van der Waals surface area contributed by atoms with Gasteiger partial charge in [0.25, 0.3) is 0 Å². The van der Waals surface area contributed by atoms with E-state index in [4.69, 9.17) is 0 Å². The van der Waals surface area contributed by atoms with Crippen molar-refractivity contribution in [3.05, 3.63) is 29.3 Å². The number of benzene rings is 1. The third kappa shape index (κ3) is 2.51. The zero-order valence-electron chi connectivity index (χ0n) is 11.9. The van der Waals surface area contributed by atoms with Crippen LogP contribution in [0.3, 0.4) is 0 Å². The first-order valence-corrected chi connectivity index (χ1v) is 7.76. The van der Waals surface area contributed by atoms with Crippen LogP contribution in [0.1, 0.15) is 49.7 Å². The molecule has 0 radical (unpaired) electrons. The molecule has 2 nitrogen and oxygen atoms in total. The lowest BCUT2D eigenvalue weighted by molar-refractivity contribution is 0.281. The monoisotopic (exact) mass is 259 g/mol. The Hall–Kier alpha value is -1.02. The van der Waals surface area contributed by atoms with Gasteiger partial charge in [0, 0.05) is 18.3 Å². The van der Waals surface area contributed by atoms with Crippen molar-refractivity contribution in [1.29, 1.82) is 0 Å². The summed E-state index contributed by atoms with van der Waals surface area (Å²) in [5, 5.41) is 9.29. The molecule has 1 saturated carbocycles. The van der Waals surface area contributed by atoms with Gasteiger partial charge in [0.15, 0.2) is 0 Å². The van der Waals surface area contributed by atoms with E-state index in [2.05, 4.69) is 30.0 Å². The van der Waals surface area contributed by atoms with Gasteiger partial charge in [-0.1, -0.05) is 18.9 Å². The molecular weight excluding hydrogens is 234 g/mol. The van der Waals surface area contributed by atoms with E-state index < -0.39 is 0 Å². The summed E-state index contributed by atoms with van der Waals surface area (Å²) in [4.78, 5) is 2.63. The van der Waals surface area contributed by atoms with Crippen LogP contribution >= 0.6 is 0 Å². The first-order chi connectivity index (χ1) is 9.29. The summed E-state index contributed by atoms with van der Waals surface area (Å²) in [5.41, 5.74) is 3.64. The molecule has 1 N–H and O–H groups in total. The number of nitrogens with zero attached hydrogens (tertiary/aromatic N) is 1. The molecule has 2 heteroatoms. The highest BCUT2D eigenvalue weighted by atomic mass is 16.3. The molecule has 1 aliphatic heterocycles. The molecule has 19 heavy (non-hydrogen) atoms. The van der Waals surface area contributed by atoms with E-state index in [1.807, 2.05) is 0 Å². The topological polar surface area (TPSA) is 23.5 Å². The van der Waals surface area contributed by atoms with E-state index >= 15 is 0 Å². The van der Waals surface area contributed by atoms with Crippen LogP contribution in [0.2, 0.25) is 0 Å². The normalized spacial score (nSPS) is 24.3. The van der Waals surface area contributed by atoms with Crippen LogP contribution in [0.15, 0.2) is 18.2 Å². The van der Waals surface area contributed by atoms with E-state index in [1.54, 1.807) is 0 Å². The van der Waals surface area contributed by atoms with Crippen LogP contribution in [0, 0.1) is 12.8 Å². The molecule has 104 valence electrons. The van der Waals surface area contributed by atoms with Crippen molar-refractivity contribution in [1.82, 2.24) is 0 Å². The van der Waals surface area contributed by atoms with Crippen LogP contribution in [0.25, 0.3) is 0 Å². The number of rotatable bonds is 3. The van der Waals surface area contributed by atoms with Gasteiger partial charge in [0.05, 0.1) is 6.61 Å². The fourth-order valence-corrected chi connectivity index (χ4v) is 3.98. The SMILES string of the molecule is Cc1cc(N2CCCC2C2CCCC2)ccc1CO. The lowest BCUT2D eigenvalue weighted by Crippen LogP contribution is -2.34. The number of aliphatic hydroxyl groups excluding tert-OH is 1. The first-order valence-electron chi connectivity index (χ1n) is 7.76. The molecule has 1 atom stereocenters. The second-order valence-electron chi connectivity index (χ2n) is 6.22. The average molecular weight is 259 g/mol. The molecule has 0 amide bonds. The van der Waals surface area contributed by atoms with Crippen molar-refractivity contribution in [2.24, 2.45) is 5.92 Å². The standard InChI is InChI=1S/C17H25NO/c1-13-11-16(9-8-15(13)12-19)18-10-4-7-17(18)14-5-2-3-6-14/h8-9,11,14,17,19H,2-7,10,12H2,1H3. The first kappa shape index (κ1) is 13.0. The van der Waals surface area contributed by atoms with Gasteiger partial charge in [-0.15, -0.1) is 0 Å². The molecule has 2 aliphatic rings. The fourth-order valence-electron chi connectivity index (χ4n) is 3.98. The van der Waals surface area contributed by atoms with Gasteiger partial charge < -0.3 is 10.0 Å². The zero-order valence-corrected chi connectivity index (χ0v) is 11.9. The number of hydrogen-bond donors (Lipinski definition) is 1. The van der Waals surface area contributed by atoms with Crippen molar-refractivity contribution in [3.63, 3.8) is 0 Å². The Balaban J connectivity index is 1.81. The predicted molar refractivity (Wildman–Crippen MR) is 79.4 cm³/mol. The summed E-state index contributed by atoms with van der Waals surface area (Å²) in [5.74, 6) is 0.917. The quantitative estimate of drug-likeness (QED) is 0.895. The van der Waals surface area contributed by atoms with E-state index in [1.165, 1.54) is 56.3 Å². The summed E-state index contributed by atoms with van der Waals surface area (Å²) in [6, 6.07) is 7.32. The van der Waals surface area contributed by atoms with Crippen molar-refractivity contribution >= 4 is 5.69 Å². The molecule has 1 aliphatic carbocycles. The Morgan fingerprint density at radius 2 is 1.95 bits per heavy atom. The van der Waals surface area contributed by atoms with Crippen LogP contribution in [0.5, 0.6) is 0 Å². The van der Waals surface area contributed by atoms with Gasteiger partial charge in [-0.3, -0.25) is 0 Å². The van der Waals surface area contributed by atoms with Crippen LogP contribution in [-0.2, 0) is 6.61 Å². The maximum atomic E-state index is 9.29. The summed E-state index contributed by atoms with van der Waals surface area (Å²) >= 11 is 0. The summed E-state index contributed by atoms with van der Waals surface area (Å²) in [7, 11) is 0. The molecular formula is C17H25NO. The highest BCUT2D eigenvalue weighted by molar-refractivity contribution is 5.52. The van der Waals surface area contributed by atoms with Gasteiger partial charge in [0.2, 0.25) is 0 Å². The molecule has 3 rings (SSSR count). The molecule has 1 saturated heterocycles. The Labute approximate surface area is 116 Å². The van der Waals surface area contributed by atoms with E-state index in [0.29, 0.717) is 0 Å². The second kappa shape index (κ2) is 5.54. The molecule has 2 fully saturated rings. The minimum atomic E-state index is 0.151. The average Bonchev–Trinajstić information content (AvgIpc) is 3.09. The largest absolute Gasteiger partial charge is 0.392 e. The zero-order chi connectivity index (χ0) is 13.2. The van der Waals surface area contributed by atoms with Crippen LogP contribution in [-0.4, -0.2) is 17.7 Å². The third-order valence-corrected chi connectivity index (χ3v) is 5.07. The maximum Gasteiger partial charge on any atom is 0.0684 e. The van der Waals surface area contributed by atoms with Crippen molar-refractivity contribution in [2.45, 2.75) is 58.1 Å². The summed E-state index contributed by atoms with van der Waals surface area (Å²) in [6.45, 7) is 3.47. The van der Waals surface area contributed by atoms with Gasteiger partial charge in [-0.2, -0.15) is 0 Å².